The maximum atomic E-state index is 13.1. The number of amides is 1. The summed E-state index contributed by atoms with van der Waals surface area (Å²) in [4.78, 5) is 15.0. The van der Waals surface area contributed by atoms with Crippen LogP contribution in [0.15, 0.2) is 89.4 Å². The molecule has 0 saturated heterocycles. The number of hydrogen-bond donors (Lipinski definition) is 0. The van der Waals surface area contributed by atoms with Gasteiger partial charge >= 0.3 is 0 Å². The van der Waals surface area contributed by atoms with Crippen LogP contribution >= 0.6 is 15.9 Å². The largest absolute Gasteiger partial charge is 0.481 e. The van der Waals surface area contributed by atoms with Crippen molar-refractivity contribution < 1.29 is 9.53 Å². The summed E-state index contributed by atoms with van der Waals surface area (Å²) in [7, 11) is 0. The van der Waals surface area contributed by atoms with E-state index in [9.17, 15) is 4.79 Å². The lowest BCUT2D eigenvalue weighted by atomic mass is 10.1. The molecule has 27 heavy (non-hydrogen) atoms. The van der Waals surface area contributed by atoms with Crippen LogP contribution in [0, 0.1) is 0 Å². The van der Waals surface area contributed by atoms with Crippen LogP contribution < -0.4 is 4.74 Å². The van der Waals surface area contributed by atoms with E-state index in [4.69, 9.17) is 4.74 Å². The van der Waals surface area contributed by atoms with Crippen LogP contribution in [0.2, 0.25) is 0 Å². The van der Waals surface area contributed by atoms with Gasteiger partial charge < -0.3 is 9.64 Å². The lowest BCUT2D eigenvalue weighted by Gasteiger charge is -2.26. The third kappa shape index (κ3) is 5.69. The Morgan fingerprint density at radius 2 is 1.33 bits per heavy atom. The number of hydrogen-bond acceptors (Lipinski definition) is 2. The van der Waals surface area contributed by atoms with Crippen LogP contribution in [-0.2, 0) is 17.9 Å². The van der Waals surface area contributed by atoms with E-state index in [-0.39, 0.29) is 5.91 Å². The molecule has 1 amide bonds. The van der Waals surface area contributed by atoms with Gasteiger partial charge in [-0.05, 0) is 42.3 Å². The summed E-state index contributed by atoms with van der Waals surface area (Å²) in [5.74, 6) is 0.643. The van der Waals surface area contributed by atoms with Crippen molar-refractivity contribution in [2.24, 2.45) is 0 Å². The molecule has 3 rings (SSSR count). The van der Waals surface area contributed by atoms with Crippen LogP contribution in [0.5, 0.6) is 5.75 Å². The summed E-state index contributed by atoms with van der Waals surface area (Å²) in [5, 5.41) is 0. The van der Waals surface area contributed by atoms with Gasteiger partial charge in [-0.3, -0.25) is 4.79 Å². The van der Waals surface area contributed by atoms with Crippen molar-refractivity contribution in [3.63, 3.8) is 0 Å². The summed E-state index contributed by atoms with van der Waals surface area (Å²) in [6.07, 6.45) is -0.571. The van der Waals surface area contributed by atoms with E-state index in [0.717, 1.165) is 15.6 Å². The fourth-order valence-corrected chi connectivity index (χ4v) is 3.11. The molecule has 4 heteroatoms. The molecule has 138 valence electrons. The van der Waals surface area contributed by atoms with E-state index in [0.29, 0.717) is 18.8 Å². The van der Waals surface area contributed by atoms with Crippen molar-refractivity contribution in [3.05, 3.63) is 101 Å². The molecule has 0 aliphatic carbocycles. The van der Waals surface area contributed by atoms with Gasteiger partial charge in [-0.15, -0.1) is 0 Å². The van der Waals surface area contributed by atoms with Gasteiger partial charge in [-0.25, -0.2) is 0 Å². The Morgan fingerprint density at radius 1 is 0.852 bits per heavy atom. The highest BCUT2D eigenvalue weighted by Crippen LogP contribution is 2.19. The summed E-state index contributed by atoms with van der Waals surface area (Å²) in [6, 6.07) is 27.6. The fourth-order valence-electron chi connectivity index (χ4n) is 2.84. The monoisotopic (exact) mass is 423 g/mol. The van der Waals surface area contributed by atoms with Crippen LogP contribution in [0.4, 0.5) is 0 Å². The quantitative estimate of drug-likeness (QED) is 0.505. The Hall–Kier alpha value is -2.59. The highest BCUT2D eigenvalue weighted by atomic mass is 79.9. The molecule has 0 heterocycles. The van der Waals surface area contributed by atoms with Crippen LogP contribution in [-0.4, -0.2) is 16.9 Å². The van der Waals surface area contributed by atoms with Crippen molar-refractivity contribution in [1.29, 1.82) is 0 Å². The van der Waals surface area contributed by atoms with E-state index in [1.165, 1.54) is 0 Å². The minimum absolute atomic E-state index is 0.0365. The van der Waals surface area contributed by atoms with Gasteiger partial charge in [0.05, 0.1) is 0 Å². The van der Waals surface area contributed by atoms with E-state index in [1.54, 1.807) is 6.92 Å². The zero-order valence-electron chi connectivity index (χ0n) is 15.2. The number of nitrogens with zero attached hydrogens (tertiary/aromatic N) is 1. The zero-order chi connectivity index (χ0) is 19.1. The van der Waals surface area contributed by atoms with E-state index in [2.05, 4.69) is 15.9 Å². The molecule has 3 aromatic rings. The molecule has 0 fully saturated rings. The third-order valence-electron chi connectivity index (χ3n) is 4.22. The van der Waals surface area contributed by atoms with E-state index in [1.807, 2.05) is 89.8 Å². The second kappa shape index (κ2) is 9.38. The topological polar surface area (TPSA) is 29.5 Å². The predicted molar refractivity (Wildman–Crippen MR) is 111 cm³/mol. The average molecular weight is 424 g/mol. The van der Waals surface area contributed by atoms with Gasteiger partial charge in [0.25, 0.3) is 5.91 Å². The van der Waals surface area contributed by atoms with Crippen molar-refractivity contribution in [1.82, 2.24) is 4.90 Å². The van der Waals surface area contributed by atoms with Crippen molar-refractivity contribution in [2.75, 3.05) is 0 Å². The smallest absolute Gasteiger partial charge is 0.263 e. The Bertz CT molecular complexity index is 809. The van der Waals surface area contributed by atoms with Gasteiger partial charge in [0.15, 0.2) is 6.10 Å². The van der Waals surface area contributed by atoms with Crippen molar-refractivity contribution >= 4 is 21.8 Å². The van der Waals surface area contributed by atoms with Crippen molar-refractivity contribution in [3.8, 4) is 5.75 Å². The first-order chi connectivity index (χ1) is 13.1. The number of halogens is 1. The number of carbonyl (C=O) groups is 1. The van der Waals surface area contributed by atoms with Gasteiger partial charge in [-0.2, -0.15) is 0 Å². The Labute approximate surface area is 168 Å². The minimum Gasteiger partial charge on any atom is -0.481 e. The fraction of sp³-hybridized carbons (Fsp3) is 0.174. The molecule has 0 bridgehead atoms. The number of benzene rings is 3. The number of carbonyl (C=O) groups excluding carboxylic acids is 1. The Balaban J connectivity index is 1.75. The van der Waals surface area contributed by atoms with Crippen molar-refractivity contribution in [2.45, 2.75) is 26.1 Å². The molecule has 0 saturated carbocycles. The average Bonchev–Trinajstić information content (AvgIpc) is 2.70. The molecule has 1 atom stereocenters. The first kappa shape index (κ1) is 19.2. The highest BCUT2D eigenvalue weighted by Gasteiger charge is 2.22. The SMILES string of the molecule is C[C@H](Oc1ccc(Br)cc1)C(=O)N(Cc1ccccc1)Cc1ccccc1. The summed E-state index contributed by atoms with van der Waals surface area (Å²) in [5.41, 5.74) is 2.19. The molecule has 0 unspecified atom stereocenters. The molecule has 3 nitrogen and oxygen atoms in total. The molecule has 0 aromatic heterocycles. The molecule has 0 radical (unpaired) electrons. The van der Waals surface area contributed by atoms with E-state index < -0.39 is 6.10 Å². The molecule has 0 aliphatic rings. The van der Waals surface area contributed by atoms with Crippen LogP contribution in [0.25, 0.3) is 0 Å². The first-order valence-corrected chi connectivity index (χ1v) is 9.70. The van der Waals surface area contributed by atoms with Gasteiger partial charge in [0.2, 0.25) is 0 Å². The summed E-state index contributed by atoms with van der Waals surface area (Å²) in [6.45, 7) is 2.89. The number of ether oxygens (including phenoxy) is 1. The first-order valence-electron chi connectivity index (χ1n) is 8.90. The predicted octanol–water partition coefficient (Wildman–Crippen LogP) is 5.45. The molecule has 0 aliphatic heterocycles. The second-order valence-corrected chi connectivity index (χ2v) is 7.30. The molecule has 3 aromatic carbocycles. The van der Waals surface area contributed by atoms with Crippen LogP contribution in [0.3, 0.4) is 0 Å². The summed E-state index contributed by atoms with van der Waals surface area (Å²) >= 11 is 3.41. The maximum Gasteiger partial charge on any atom is 0.263 e. The minimum atomic E-state index is -0.571. The Kier molecular flexibility index (Phi) is 6.66. The summed E-state index contributed by atoms with van der Waals surface area (Å²) < 4.78 is 6.85. The molecule has 0 N–H and O–H groups in total. The lowest BCUT2D eigenvalue weighted by Crippen LogP contribution is -2.39. The third-order valence-corrected chi connectivity index (χ3v) is 4.75. The molecular formula is C23H22BrNO2. The zero-order valence-corrected chi connectivity index (χ0v) is 16.8. The van der Waals surface area contributed by atoms with Gasteiger partial charge in [0, 0.05) is 17.6 Å². The van der Waals surface area contributed by atoms with Gasteiger partial charge in [0.1, 0.15) is 5.75 Å². The lowest BCUT2D eigenvalue weighted by molar-refractivity contribution is -0.139. The second-order valence-electron chi connectivity index (χ2n) is 6.38. The highest BCUT2D eigenvalue weighted by molar-refractivity contribution is 9.10. The standard InChI is InChI=1S/C23H22BrNO2/c1-18(27-22-14-12-21(24)13-15-22)23(26)25(16-19-8-4-2-5-9-19)17-20-10-6-3-7-11-20/h2-15,18H,16-17H2,1H3/t18-/m0/s1. The molecule has 0 spiro atoms. The maximum absolute atomic E-state index is 13.1. The van der Waals surface area contributed by atoms with Gasteiger partial charge in [-0.1, -0.05) is 76.6 Å². The normalized spacial score (nSPS) is 11.6. The van der Waals surface area contributed by atoms with Crippen LogP contribution in [0.1, 0.15) is 18.1 Å². The number of rotatable bonds is 7. The molecular weight excluding hydrogens is 402 g/mol. The van der Waals surface area contributed by atoms with E-state index >= 15 is 0 Å². The Morgan fingerprint density at radius 3 is 1.81 bits per heavy atom.